The lowest BCUT2D eigenvalue weighted by molar-refractivity contribution is -0.0447. The number of hydrogen-bond donors (Lipinski definition) is 0. The third-order valence-corrected chi connectivity index (χ3v) is 6.09. The second-order valence-corrected chi connectivity index (χ2v) is 8.56. The Hall–Kier alpha value is -2.88. The van der Waals surface area contributed by atoms with Crippen LogP contribution in [-0.4, -0.2) is 24.1 Å². The molecule has 0 bridgehead atoms. The number of unbranched alkanes of at least 4 members (excludes halogenated alkanes) is 2. The highest BCUT2D eigenvalue weighted by atomic mass is 16.6. The number of carbonyl (C=O) groups is 2. The summed E-state index contributed by atoms with van der Waals surface area (Å²) in [4.78, 5) is 25.8. The molecule has 2 rings (SSSR count). The van der Waals surface area contributed by atoms with Crippen LogP contribution in [0.2, 0.25) is 0 Å². The second-order valence-electron chi connectivity index (χ2n) is 8.56. The molecule has 2 aromatic rings. The maximum absolute atomic E-state index is 13.0. The number of ether oxygens (including phenoxy) is 2. The first-order chi connectivity index (χ1) is 16.0. The zero-order chi connectivity index (χ0) is 24.1. The van der Waals surface area contributed by atoms with Gasteiger partial charge in [-0.25, -0.2) is 9.59 Å². The Balaban J connectivity index is 2.31. The zero-order valence-electron chi connectivity index (χ0n) is 20.2. The van der Waals surface area contributed by atoms with Gasteiger partial charge in [-0.1, -0.05) is 82.0 Å². The maximum atomic E-state index is 13.0. The molecule has 0 heterocycles. The van der Waals surface area contributed by atoms with Gasteiger partial charge in [0.15, 0.2) is 0 Å². The average Bonchev–Trinajstić information content (AvgIpc) is 2.85. The Bertz CT molecular complexity index is 846. The summed E-state index contributed by atoms with van der Waals surface area (Å²) in [5.41, 5.74) is 1.03. The number of hydrogen-bond acceptors (Lipinski definition) is 4. The summed E-state index contributed by atoms with van der Waals surface area (Å²) in [5, 5.41) is 0. The summed E-state index contributed by atoms with van der Waals surface area (Å²) in [6.07, 6.45) is 6.73. The van der Waals surface area contributed by atoms with Gasteiger partial charge in [-0.2, -0.15) is 0 Å². The fourth-order valence-corrected chi connectivity index (χ4v) is 4.12. The second kappa shape index (κ2) is 14.3. The lowest BCUT2D eigenvalue weighted by atomic mass is 9.81. The first kappa shape index (κ1) is 26.4. The normalized spacial score (nSPS) is 14.5. The van der Waals surface area contributed by atoms with Crippen LogP contribution in [0.4, 0.5) is 0 Å². The van der Waals surface area contributed by atoms with E-state index >= 15 is 0 Å². The molecule has 4 atom stereocenters. The van der Waals surface area contributed by atoms with Gasteiger partial charge in [-0.15, -0.1) is 6.58 Å². The van der Waals surface area contributed by atoms with E-state index in [4.69, 9.17) is 9.47 Å². The fraction of sp³-hybridized carbons (Fsp3) is 0.448. The molecule has 4 nitrogen and oxygen atoms in total. The maximum Gasteiger partial charge on any atom is 0.338 e. The first-order valence-electron chi connectivity index (χ1n) is 12.2. The van der Waals surface area contributed by atoms with Crippen LogP contribution in [-0.2, 0) is 9.47 Å². The molecule has 0 aromatic heterocycles. The fourth-order valence-electron chi connectivity index (χ4n) is 4.12. The molecular weight excluding hydrogens is 412 g/mol. The predicted octanol–water partition coefficient (Wildman–Crippen LogP) is 7.26. The molecule has 0 fully saturated rings. The van der Waals surface area contributed by atoms with E-state index in [2.05, 4.69) is 20.4 Å². The molecular formula is C29H38O4. The highest BCUT2D eigenvalue weighted by molar-refractivity contribution is 5.90. The van der Waals surface area contributed by atoms with Crippen LogP contribution >= 0.6 is 0 Å². The number of carbonyl (C=O) groups excluding carboxylic acids is 2. The van der Waals surface area contributed by atoms with E-state index in [9.17, 15) is 9.59 Å². The Morgan fingerprint density at radius 3 is 1.79 bits per heavy atom. The quantitative estimate of drug-likeness (QED) is 0.224. The van der Waals surface area contributed by atoms with Crippen LogP contribution in [0.15, 0.2) is 73.3 Å². The molecule has 2 aromatic carbocycles. The van der Waals surface area contributed by atoms with E-state index < -0.39 is 12.2 Å². The average molecular weight is 451 g/mol. The number of rotatable bonds is 14. The Morgan fingerprint density at radius 1 is 0.818 bits per heavy atom. The van der Waals surface area contributed by atoms with E-state index in [1.165, 1.54) is 0 Å². The van der Waals surface area contributed by atoms with Crippen molar-refractivity contribution in [3.63, 3.8) is 0 Å². The third-order valence-electron chi connectivity index (χ3n) is 6.09. The summed E-state index contributed by atoms with van der Waals surface area (Å²) >= 11 is 0. The van der Waals surface area contributed by atoms with Gasteiger partial charge in [0.1, 0.15) is 12.2 Å². The minimum Gasteiger partial charge on any atom is -0.459 e. The summed E-state index contributed by atoms with van der Waals surface area (Å²) in [5.74, 6) is -0.865. The lowest BCUT2D eigenvalue weighted by Crippen LogP contribution is -2.40. The molecule has 4 heteroatoms. The summed E-state index contributed by atoms with van der Waals surface area (Å²) in [6.45, 7) is 10.2. The highest BCUT2D eigenvalue weighted by Gasteiger charge is 2.36. The molecule has 33 heavy (non-hydrogen) atoms. The SMILES string of the molecule is C=CC(CCCC)C(OC(=O)c1ccccc1)C(CCCC)C(C)OC(=O)c1ccccc1. The van der Waals surface area contributed by atoms with E-state index in [1.54, 1.807) is 24.3 Å². The topological polar surface area (TPSA) is 52.6 Å². The van der Waals surface area contributed by atoms with Crippen LogP contribution in [0.1, 0.15) is 80.0 Å². The zero-order valence-corrected chi connectivity index (χ0v) is 20.2. The largest absolute Gasteiger partial charge is 0.459 e. The van der Waals surface area contributed by atoms with Crippen molar-refractivity contribution < 1.29 is 19.1 Å². The van der Waals surface area contributed by atoms with Crippen LogP contribution in [0.25, 0.3) is 0 Å². The smallest absolute Gasteiger partial charge is 0.338 e. The van der Waals surface area contributed by atoms with Gasteiger partial charge in [0, 0.05) is 11.8 Å². The third kappa shape index (κ3) is 8.20. The van der Waals surface area contributed by atoms with Gasteiger partial charge in [0.2, 0.25) is 0 Å². The molecule has 0 amide bonds. The van der Waals surface area contributed by atoms with Gasteiger partial charge >= 0.3 is 11.9 Å². The van der Waals surface area contributed by atoms with Gasteiger partial charge in [-0.05, 0) is 44.0 Å². The van der Waals surface area contributed by atoms with Crippen LogP contribution < -0.4 is 0 Å². The predicted molar refractivity (Wildman–Crippen MR) is 133 cm³/mol. The van der Waals surface area contributed by atoms with Gasteiger partial charge in [-0.3, -0.25) is 0 Å². The molecule has 4 unspecified atom stereocenters. The van der Waals surface area contributed by atoms with E-state index in [0.29, 0.717) is 11.1 Å². The van der Waals surface area contributed by atoms with Crippen LogP contribution in [0.5, 0.6) is 0 Å². The van der Waals surface area contributed by atoms with Crippen molar-refractivity contribution in [2.45, 2.75) is 71.5 Å². The van der Waals surface area contributed by atoms with E-state index in [0.717, 1.165) is 38.5 Å². The van der Waals surface area contributed by atoms with Crippen molar-refractivity contribution >= 4 is 11.9 Å². The lowest BCUT2D eigenvalue weighted by Gasteiger charge is -2.35. The molecule has 0 saturated carbocycles. The Kier molecular flexibility index (Phi) is 11.4. The van der Waals surface area contributed by atoms with Crippen molar-refractivity contribution in [3.8, 4) is 0 Å². The monoisotopic (exact) mass is 450 g/mol. The minimum atomic E-state index is -0.424. The van der Waals surface area contributed by atoms with E-state index in [1.807, 2.05) is 49.4 Å². The van der Waals surface area contributed by atoms with Crippen molar-refractivity contribution in [1.82, 2.24) is 0 Å². The standard InChI is InChI=1S/C29H38O4/c1-5-8-16-23(7-3)27(33-29(31)25-19-14-11-15-20-25)26(21-9-6-2)22(4)32-28(30)24-17-12-10-13-18-24/h7,10-15,17-20,22-23,26-27H,3,5-6,8-9,16,21H2,1-2,4H3. The van der Waals surface area contributed by atoms with Gasteiger partial charge in [0.25, 0.3) is 0 Å². The van der Waals surface area contributed by atoms with Crippen molar-refractivity contribution in [1.29, 1.82) is 0 Å². The summed E-state index contributed by atoms with van der Waals surface area (Å²) in [7, 11) is 0. The summed E-state index contributed by atoms with van der Waals surface area (Å²) < 4.78 is 12.1. The summed E-state index contributed by atoms with van der Waals surface area (Å²) in [6, 6.07) is 18.0. The van der Waals surface area contributed by atoms with Crippen LogP contribution in [0, 0.1) is 11.8 Å². The molecule has 0 saturated heterocycles. The molecule has 0 aliphatic rings. The van der Waals surface area contributed by atoms with Crippen molar-refractivity contribution in [2.24, 2.45) is 11.8 Å². The molecule has 178 valence electrons. The van der Waals surface area contributed by atoms with E-state index in [-0.39, 0.29) is 23.8 Å². The first-order valence-corrected chi connectivity index (χ1v) is 12.2. The minimum absolute atomic E-state index is 0.0163. The van der Waals surface area contributed by atoms with Crippen molar-refractivity contribution in [3.05, 3.63) is 84.4 Å². The number of benzene rings is 2. The van der Waals surface area contributed by atoms with Crippen molar-refractivity contribution in [2.75, 3.05) is 0 Å². The number of esters is 2. The van der Waals surface area contributed by atoms with Gasteiger partial charge in [0.05, 0.1) is 11.1 Å². The Labute approximate surface area is 199 Å². The molecule has 0 radical (unpaired) electrons. The molecule has 0 aliphatic carbocycles. The van der Waals surface area contributed by atoms with Crippen LogP contribution in [0.3, 0.4) is 0 Å². The Morgan fingerprint density at radius 2 is 1.30 bits per heavy atom. The molecule has 0 aliphatic heterocycles. The molecule has 0 spiro atoms. The highest BCUT2D eigenvalue weighted by Crippen LogP contribution is 2.32. The van der Waals surface area contributed by atoms with Gasteiger partial charge < -0.3 is 9.47 Å². The molecule has 0 N–H and O–H groups in total.